The second-order valence-electron chi connectivity index (χ2n) is 14.1. The van der Waals surface area contributed by atoms with Crippen molar-refractivity contribution >= 4 is 263 Å². The van der Waals surface area contributed by atoms with Gasteiger partial charge in [-0.3, -0.25) is 0 Å². The molecular weight excluding hydrogens is 526 g/mol. The van der Waals surface area contributed by atoms with Gasteiger partial charge in [0.1, 0.15) is 149 Å². The van der Waals surface area contributed by atoms with Gasteiger partial charge in [0.05, 0.1) is 0 Å². The number of hydrogen-bond acceptors (Lipinski definition) is 0. The zero-order valence-electron chi connectivity index (χ0n) is 31.5. The van der Waals surface area contributed by atoms with Crippen molar-refractivity contribution < 1.29 is 0 Å². The monoisotopic (exact) mass is 568 g/mol. The molecule has 0 radical (unpaired) electrons. The van der Waals surface area contributed by atoms with Crippen molar-refractivity contribution in [3.63, 3.8) is 0 Å². The molecule has 0 aliphatic heterocycles. The Morgan fingerprint density at radius 2 is 0.432 bits per heavy atom. The summed E-state index contributed by atoms with van der Waals surface area (Å²) in [6.45, 7) is 0. The molecule has 0 unspecified atom stereocenters. The highest BCUT2D eigenvalue weighted by atomic mass is 32.3. The van der Waals surface area contributed by atoms with E-state index in [0.29, 0.717) is 0 Å². The lowest BCUT2D eigenvalue weighted by atomic mass is 9.62. The van der Waals surface area contributed by atoms with E-state index in [1.165, 1.54) is 104 Å². The first-order valence-corrected chi connectivity index (χ1v) is 18.0. The van der Waals surface area contributed by atoms with Gasteiger partial charge < -0.3 is 0 Å². The van der Waals surface area contributed by atoms with Gasteiger partial charge in [0.2, 0.25) is 0 Å². The van der Waals surface area contributed by atoms with Crippen molar-refractivity contribution in [3.05, 3.63) is 6.07 Å². The molecule has 0 heterocycles. The molecule has 4 aromatic carbocycles. The van der Waals surface area contributed by atoms with Crippen LogP contribution in [0.15, 0.2) is 25.6 Å². The minimum atomic E-state index is -1.98. The molecule has 0 N–H and O–H groups in total. The van der Waals surface area contributed by atoms with Crippen molar-refractivity contribution in [2.24, 2.45) is 0 Å². The molecule has 0 saturated carbocycles. The quantitative estimate of drug-likeness (QED) is 0.216. The van der Waals surface area contributed by atoms with Crippen LogP contribution in [0.4, 0.5) is 0 Å². The fourth-order valence-corrected chi connectivity index (χ4v) is 14.2. The smallest absolute Gasteiger partial charge is 0.137 e. The fraction of sp³-hybridized carbons (Fsp3) is 0. The summed E-state index contributed by atoms with van der Waals surface area (Å²) in [5, 5.41) is 0. The largest absolute Gasteiger partial charge is 0.140 e. The average molecular weight is 565 g/mol. The zero-order chi connectivity index (χ0) is 33.5. The van der Waals surface area contributed by atoms with Gasteiger partial charge in [-0.1, -0.05) is 55.2 Å². The van der Waals surface area contributed by atoms with Gasteiger partial charge in [-0.25, -0.2) is 0 Å². The van der Waals surface area contributed by atoms with E-state index < -0.39 is 10.0 Å². The first-order chi connectivity index (χ1) is 20.3. The Hall–Kier alpha value is -1.54. The van der Waals surface area contributed by atoms with E-state index >= 15 is 0 Å². The molecule has 198 valence electrons. The minimum Gasteiger partial charge on any atom is -0.137 e. The first-order valence-electron chi connectivity index (χ1n) is 16.4. The molecule has 0 saturated heterocycles. The maximum Gasteiger partial charge on any atom is 0.140 e. The van der Waals surface area contributed by atoms with Crippen LogP contribution in [0, 0.1) is 0 Å². The summed E-state index contributed by atoms with van der Waals surface area (Å²) < 4.78 is 0. The average Bonchev–Trinajstić information content (AvgIpc) is 2.97. The molecule has 0 fully saturated rings. The lowest BCUT2D eigenvalue weighted by Crippen LogP contribution is -2.62. The summed E-state index contributed by atoms with van der Waals surface area (Å²) in [5.41, 5.74) is 27.3. The Morgan fingerprint density at radius 1 is 0.227 bits per heavy atom. The van der Waals surface area contributed by atoms with Gasteiger partial charge in [0.15, 0.2) is 0 Å². The van der Waals surface area contributed by atoms with Gasteiger partial charge in [0, 0.05) is 0 Å². The topological polar surface area (TPSA) is 0 Å². The van der Waals surface area contributed by atoms with Gasteiger partial charge >= 0.3 is 0 Å². The molecule has 0 amide bonds. The normalized spacial score (nSPS) is 11.9. The standard InChI is InChI=1S/C24H39B19S/c25-2-1-3(26)21(14(37)4(2)27)44(22-15(38)8(31)5(28)9(32)16(22)39,23-17(40)10(33)6(29)11(34)18(23)41)24-19(42)12(35)7(30)13(36)20(24)43/h1H,25-43H2. The molecule has 0 aliphatic carbocycles. The third kappa shape index (κ3) is 4.81. The third-order valence-corrected chi connectivity index (χ3v) is 17.2. The molecule has 0 spiro atoms. The van der Waals surface area contributed by atoms with Gasteiger partial charge in [-0.2, -0.15) is 0 Å². The van der Waals surface area contributed by atoms with E-state index in [2.05, 4.69) is 155 Å². The molecule has 0 atom stereocenters. The highest BCUT2D eigenvalue weighted by Crippen LogP contribution is 2.68. The highest BCUT2D eigenvalue weighted by molar-refractivity contribution is 8.35. The van der Waals surface area contributed by atoms with Crippen molar-refractivity contribution in [2.45, 2.75) is 19.6 Å². The zero-order valence-corrected chi connectivity index (χ0v) is 32.3. The Balaban J connectivity index is 2.66. The van der Waals surface area contributed by atoms with E-state index in [0.717, 1.165) is 0 Å². The van der Waals surface area contributed by atoms with Gasteiger partial charge in [-0.15, -0.1) is 64.7 Å². The van der Waals surface area contributed by atoms with E-state index in [-0.39, 0.29) is 0 Å². The van der Waals surface area contributed by atoms with Gasteiger partial charge in [-0.05, 0) is 19.6 Å². The maximum absolute atomic E-state index is 2.48. The summed E-state index contributed by atoms with van der Waals surface area (Å²) >= 11 is 0. The second kappa shape index (κ2) is 12.2. The lowest BCUT2D eigenvalue weighted by Gasteiger charge is -2.52. The van der Waals surface area contributed by atoms with Crippen LogP contribution >= 0.6 is 10.0 Å². The molecule has 44 heavy (non-hydrogen) atoms. The molecule has 4 aromatic rings. The molecule has 20 heteroatoms. The van der Waals surface area contributed by atoms with E-state index in [9.17, 15) is 0 Å². The number of hydrogen-bond donors (Lipinski definition) is 0. The Labute approximate surface area is 287 Å². The third-order valence-electron chi connectivity index (χ3n) is 12.3. The van der Waals surface area contributed by atoms with Crippen molar-refractivity contribution in [2.75, 3.05) is 0 Å². The first kappa shape index (κ1) is 35.3. The molecule has 0 aliphatic rings. The van der Waals surface area contributed by atoms with E-state index in [4.69, 9.17) is 0 Å². The Bertz CT molecular complexity index is 1660. The highest BCUT2D eigenvalue weighted by Gasteiger charge is 2.43. The van der Waals surface area contributed by atoms with Crippen LogP contribution in [0.2, 0.25) is 0 Å². The van der Waals surface area contributed by atoms with Crippen LogP contribution in [0.25, 0.3) is 0 Å². The summed E-state index contributed by atoms with van der Waals surface area (Å²) in [4.78, 5) is 6.25. The lowest BCUT2D eigenvalue weighted by molar-refractivity contribution is 1.38. The summed E-state index contributed by atoms with van der Waals surface area (Å²) in [6.07, 6.45) is 0. The fourth-order valence-electron chi connectivity index (χ4n) is 8.12. The SMILES string of the molecule is Bc1cc(B)c(S(c2c(B)c(B)c(B)c(B)c2B)(c2c(B)c(B)c(B)c(B)c2B)c2c(B)c(B)c(B)c(B)c2B)c(B)c1B. The Morgan fingerprint density at radius 3 is 0.682 bits per heavy atom. The van der Waals surface area contributed by atoms with Crippen LogP contribution in [-0.2, 0) is 0 Å². The second-order valence-corrected chi connectivity index (χ2v) is 16.9. The predicted molar refractivity (Wildman–Crippen MR) is 262 cm³/mol. The van der Waals surface area contributed by atoms with Crippen LogP contribution in [0.1, 0.15) is 0 Å². The Kier molecular flexibility index (Phi) is 9.83. The summed E-state index contributed by atoms with van der Waals surface area (Å²) in [5.74, 6) is 0. The minimum absolute atomic E-state index is 1.39. The molecule has 0 nitrogen and oxygen atoms in total. The van der Waals surface area contributed by atoms with Crippen molar-refractivity contribution in [3.8, 4) is 0 Å². The van der Waals surface area contributed by atoms with Crippen LogP contribution in [0.3, 0.4) is 0 Å². The number of rotatable bonds is 4. The predicted octanol–water partition coefficient (Wildman–Crippen LogP) is -26.1. The summed E-state index contributed by atoms with van der Waals surface area (Å²) in [6, 6.07) is 2.48. The van der Waals surface area contributed by atoms with Crippen LogP contribution in [-0.4, -0.2) is 149 Å². The van der Waals surface area contributed by atoms with Crippen molar-refractivity contribution in [1.82, 2.24) is 0 Å². The van der Waals surface area contributed by atoms with Crippen LogP contribution in [0.5, 0.6) is 0 Å². The number of benzene rings is 4. The summed E-state index contributed by atoms with van der Waals surface area (Å²) in [7, 11) is 43.2. The van der Waals surface area contributed by atoms with E-state index in [1.54, 1.807) is 19.6 Å². The molecule has 0 bridgehead atoms. The van der Waals surface area contributed by atoms with Crippen LogP contribution < -0.4 is 104 Å². The van der Waals surface area contributed by atoms with Gasteiger partial charge in [0.25, 0.3) is 0 Å². The molecular formula is C24H39B19S. The molecule has 0 aromatic heterocycles. The van der Waals surface area contributed by atoms with Crippen molar-refractivity contribution in [1.29, 1.82) is 0 Å². The molecule has 4 rings (SSSR count). The maximum atomic E-state index is 2.48. The van der Waals surface area contributed by atoms with E-state index in [1.807, 2.05) is 0 Å².